The third-order valence-electron chi connectivity index (χ3n) is 6.76. The first kappa shape index (κ1) is 18.9. The van der Waals surface area contributed by atoms with Crippen molar-refractivity contribution in [2.24, 2.45) is 17.3 Å². The topological polar surface area (TPSA) is 72.8 Å². The second kappa shape index (κ2) is 6.89. The van der Waals surface area contributed by atoms with Crippen molar-refractivity contribution in [3.05, 3.63) is 60.2 Å². The highest BCUT2D eigenvalue weighted by Crippen LogP contribution is 2.57. The molecular weight excluding hydrogens is 356 g/mol. The van der Waals surface area contributed by atoms with Gasteiger partial charge in [0.2, 0.25) is 0 Å². The van der Waals surface area contributed by atoms with Gasteiger partial charge in [-0.15, -0.1) is 0 Å². The Morgan fingerprint density at radius 3 is 2.75 bits per heavy atom. The molecule has 0 aromatic heterocycles. The SMILES string of the molecule is C=C1C(=O)OC2C1C(OC(=O)Cc1ccccc1)CC1(C)C(O)CCC(=C)C21. The van der Waals surface area contributed by atoms with Crippen LogP contribution in [0.5, 0.6) is 0 Å². The van der Waals surface area contributed by atoms with Crippen molar-refractivity contribution in [3.63, 3.8) is 0 Å². The molecule has 0 bridgehead atoms. The highest BCUT2D eigenvalue weighted by Gasteiger charge is 2.62. The van der Waals surface area contributed by atoms with Gasteiger partial charge in [-0.1, -0.05) is 56.0 Å². The van der Waals surface area contributed by atoms with Crippen LogP contribution >= 0.6 is 0 Å². The van der Waals surface area contributed by atoms with Gasteiger partial charge in [-0.2, -0.15) is 0 Å². The van der Waals surface area contributed by atoms with Gasteiger partial charge >= 0.3 is 11.9 Å². The minimum atomic E-state index is -0.563. The summed E-state index contributed by atoms with van der Waals surface area (Å²) in [5.74, 6) is -1.36. The zero-order valence-electron chi connectivity index (χ0n) is 16.1. The number of carbonyl (C=O) groups is 2. The van der Waals surface area contributed by atoms with Crippen LogP contribution < -0.4 is 0 Å². The molecule has 1 aromatic carbocycles. The number of carbonyl (C=O) groups excluding carboxylic acids is 2. The van der Waals surface area contributed by atoms with Gasteiger partial charge in [0.25, 0.3) is 0 Å². The van der Waals surface area contributed by atoms with Crippen molar-refractivity contribution >= 4 is 11.9 Å². The van der Waals surface area contributed by atoms with Gasteiger partial charge < -0.3 is 14.6 Å². The molecule has 148 valence electrons. The van der Waals surface area contributed by atoms with Crippen LogP contribution in [0.1, 0.15) is 31.7 Å². The largest absolute Gasteiger partial charge is 0.461 e. The lowest BCUT2D eigenvalue weighted by molar-refractivity contribution is -0.177. The first-order valence-electron chi connectivity index (χ1n) is 9.80. The molecule has 1 aromatic rings. The van der Waals surface area contributed by atoms with Crippen LogP contribution in [0.4, 0.5) is 0 Å². The van der Waals surface area contributed by atoms with E-state index < -0.39 is 35.6 Å². The monoisotopic (exact) mass is 382 g/mol. The summed E-state index contributed by atoms with van der Waals surface area (Å²) in [6.07, 6.45) is 0.320. The highest BCUT2D eigenvalue weighted by molar-refractivity contribution is 5.91. The highest BCUT2D eigenvalue weighted by atomic mass is 16.6. The Morgan fingerprint density at radius 2 is 2.04 bits per heavy atom. The molecule has 5 nitrogen and oxygen atoms in total. The molecule has 5 heteroatoms. The summed E-state index contributed by atoms with van der Waals surface area (Å²) in [5.41, 5.74) is 1.64. The quantitative estimate of drug-likeness (QED) is 0.494. The van der Waals surface area contributed by atoms with Crippen molar-refractivity contribution in [2.45, 2.75) is 50.9 Å². The lowest BCUT2D eigenvalue weighted by atomic mass is 9.53. The maximum absolute atomic E-state index is 12.6. The number of hydrogen-bond donors (Lipinski definition) is 1. The Labute approximate surface area is 165 Å². The summed E-state index contributed by atoms with van der Waals surface area (Å²) >= 11 is 0. The molecule has 28 heavy (non-hydrogen) atoms. The van der Waals surface area contributed by atoms with Crippen LogP contribution in [0, 0.1) is 17.3 Å². The molecule has 4 rings (SSSR count). The van der Waals surface area contributed by atoms with Crippen LogP contribution in [-0.4, -0.2) is 35.4 Å². The molecule has 0 amide bonds. The van der Waals surface area contributed by atoms with E-state index in [9.17, 15) is 14.7 Å². The van der Waals surface area contributed by atoms with Crippen LogP contribution in [-0.2, 0) is 25.5 Å². The van der Waals surface area contributed by atoms with Crippen molar-refractivity contribution in [1.29, 1.82) is 0 Å². The predicted octanol–water partition coefficient (Wildman–Crippen LogP) is 2.98. The molecule has 6 unspecified atom stereocenters. The number of aliphatic hydroxyl groups excluding tert-OH is 1. The summed E-state index contributed by atoms with van der Waals surface area (Å²) in [6.45, 7) is 10.1. The molecule has 3 aliphatic rings. The number of ether oxygens (including phenoxy) is 2. The fraction of sp³-hybridized carbons (Fsp3) is 0.478. The number of benzene rings is 1. The number of esters is 2. The summed E-state index contributed by atoms with van der Waals surface area (Å²) in [6, 6.07) is 9.39. The second-order valence-corrected chi connectivity index (χ2v) is 8.51. The van der Waals surface area contributed by atoms with Gasteiger partial charge in [-0.05, 0) is 24.8 Å². The molecule has 6 atom stereocenters. The zero-order chi connectivity index (χ0) is 20.1. The Kier molecular flexibility index (Phi) is 4.66. The predicted molar refractivity (Wildman–Crippen MR) is 103 cm³/mol. The maximum Gasteiger partial charge on any atom is 0.334 e. The molecule has 1 aliphatic heterocycles. The van der Waals surface area contributed by atoms with Crippen molar-refractivity contribution in [2.75, 3.05) is 0 Å². The van der Waals surface area contributed by atoms with E-state index in [1.165, 1.54) is 0 Å². The molecule has 1 N–H and O–H groups in total. The van der Waals surface area contributed by atoms with Crippen LogP contribution in [0.15, 0.2) is 54.6 Å². The van der Waals surface area contributed by atoms with Crippen molar-refractivity contribution < 1.29 is 24.2 Å². The normalized spacial score (nSPS) is 37.1. The summed E-state index contributed by atoms with van der Waals surface area (Å²) in [5, 5.41) is 10.8. The average molecular weight is 382 g/mol. The van der Waals surface area contributed by atoms with E-state index in [2.05, 4.69) is 13.2 Å². The van der Waals surface area contributed by atoms with Gasteiger partial charge in [0, 0.05) is 16.9 Å². The Balaban J connectivity index is 1.61. The lowest BCUT2D eigenvalue weighted by Crippen LogP contribution is -2.58. The van der Waals surface area contributed by atoms with E-state index in [4.69, 9.17) is 9.47 Å². The van der Waals surface area contributed by atoms with E-state index in [0.717, 1.165) is 11.1 Å². The Bertz CT molecular complexity index is 829. The fourth-order valence-corrected chi connectivity index (χ4v) is 5.32. The standard InChI is InChI=1S/C23H26O5/c1-13-9-10-17(24)23(3)12-16(19-14(2)22(26)28-21(19)20(13)23)27-18(25)11-15-7-5-4-6-8-15/h4-8,16-17,19-21,24H,1-2,9-12H2,3H3. The lowest BCUT2D eigenvalue weighted by Gasteiger charge is -2.54. The average Bonchev–Trinajstić information content (AvgIpc) is 2.94. The first-order valence-corrected chi connectivity index (χ1v) is 9.80. The van der Waals surface area contributed by atoms with Crippen LogP contribution in [0.2, 0.25) is 0 Å². The molecule has 0 radical (unpaired) electrons. The summed E-state index contributed by atoms with van der Waals surface area (Å²) < 4.78 is 11.5. The first-order chi connectivity index (χ1) is 13.3. The number of aliphatic hydroxyl groups is 1. The van der Waals surface area contributed by atoms with E-state index in [1.807, 2.05) is 37.3 Å². The van der Waals surface area contributed by atoms with E-state index in [0.29, 0.717) is 24.8 Å². The van der Waals surface area contributed by atoms with E-state index in [1.54, 1.807) is 0 Å². The maximum atomic E-state index is 12.6. The van der Waals surface area contributed by atoms with Crippen molar-refractivity contribution in [1.82, 2.24) is 0 Å². The van der Waals surface area contributed by atoms with E-state index in [-0.39, 0.29) is 18.3 Å². The molecule has 2 saturated carbocycles. The van der Waals surface area contributed by atoms with Gasteiger partial charge in [0.15, 0.2) is 0 Å². The van der Waals surface area contributed by atoms with Gasteiger partial charge in [-0.25, -0.2) is 4.79 Å². The van der Waals surface area contributed by atoms with Gasteiger partial charge in [0.1, 0.15) is 12.2 Å². The number of rotatable bonds is 3. The Hall–Kier alpha value is -2.40. The Morgan fingerprint density at radius 1 is 1.32 bits per heavy atom. The molecule has 2 aliphatic carbocycles. The second-order valence-electron chi connectivity index (χ2n) is 8.51. The van der Waals surface area contributed by atoms with Gasteiger partial charge in [0.05, 0.1) is 18.4 Å². The number of fused-ring (bicyclic) bond motifs is 3. The third kappa shape index (κ3) is 2.98. The fourth-order valence-electron chi connectivity index (χ4n) is 5.32. The van der Waals surface area contributed by atoms with E-state index >= 15 is 0 Å². The molecule has 3 fully saturated rings. The van der Waals surface area contributed by atoms with Crippen molar-refractivity contribution in [3.8, 4) is 0 Å². The molecular formula is C23H26O5. The van der Waals surface area contributed by atoms with Gasteiger partial charge in [-0.3, -0.25) is 4.79 Å². The minimum absolute atomic E-state index is 0.158. The summed E-state index contributed by atoms with van der Waals surface area (Å²) in [4.78, 5) is 24.9. The van der Waals surface area contributed by atoms with Crippen LogP contribution in [0.25, 0.3) is 0 Å². The minimum Gasteiger partial charge on any atom is -0.461 e. The molecule has 1 heterocycles. The zero-order valence-corrected chi connectivity index (χ0v) is 16.1. The summed E-state index contributed by atoms with van der Waals surface area (Å²) in [7, 11) is 0. The van der Waals surface area contributed by atoms with Crippen LogP contribution in [0.3, 0.4) is 0 Å². The molecule has 0 spiro atoms. The smallest absolute Gasteiger partial charge is 0.334 e. The third-order valence-corrected chi connectivity index (χ3v) is 6.76. The number of hydrogen-bond acceptors (Lipinski definition) is 5. The molecule has 1 saturated heterocycles.